The molecule has 2 aliphatic rings. The van der Waals surface area contributed by atoms with Crippen LogP contribution in [-0.2, 0) is 11.2 Å². The van der Waals surface area contributed by atoms with Gasteiger partial charge in [-0.3, -0.25) is 4.79 Å². The van der Waals surface area contributed by atoms with Gasteiger partial charge in [0.15, 0.2) is 0 Å². The van der Waals surface area contributed by atoms with Crippen molar-refractivity contribution in [1.82, 2.24) is 4.90 Å². The van der Waals surface area contributed by atoms with Crippen LogP contribution in [0.2, 0.25) is 0 Å². The molecule has 1 aromatic rings. The maximum Gasteiger partial charge on any atom is 0.392 e. The summed E-state index contributed by atoms with van der Waals surface area (Å²) in [6, 6.07) is 4.84. The highest BCUT2D eigenvalue weighted by Gasteiger charge is 2.51. The molecule has 1 atom stereocenters. The summed E-state index contributed by atoms with van der Waals surface area (Å²) in [5.74, 6) is -1.44. The summed E-state index contributed by atoms with van der Waals surface area (Å²) in [5.41, 5.74) is 1.22. The third-order valence-corrected chi connectivity index (χ3v) is 5.39. The first-order valence-electron chi connectivity index (χ1n) is 9.12. The number of anilines is 2. The summed E-state index contributed by atoms with van der Waals surface area (Å²) in [6.45, 7) is 3.22. The first-order valence-corrected chi connectivity index (χ1v) is 9.12. The van der Waals surface area contributed by atoms with Crippen LogP contribution in [0.25, 0.3) is 0 Å². The van der Waals surface area contributed by atoms with Gasteiger partial charge in [-0.05, 0) is 48.4 Å². The number of aryl methyl sites for hydroxylation is 1. The number of carbonyl (C=O) groups is 2. The fraction of sp³-hybridized carbons (Fsp3) is 0.579. The Kier molecular flexibility index (Phi) is 5.10. The highest BCUT2D eigenvalue weighted by molar-refractivity contribution is 5.94. The van der Waals surface area contributed by atoms with Crippen molar-refractivity contribution in [2.45, 2.75) is 45.7 Å². The van der Waals surface area contributed by atoms with E-state index >= 15 is 0 Å². The standard InChI is InChI=1S/C19H24F3N3O2/c1-18(2)11-25(9-8-15(18)19(20,21)22)17(27)23-13-6-7-14-12(10-13)4-3-5-16(26)24-14/h6-7,10,15H,3-5,8-9,11H2,1-2H3,(H,23,27)(H,24,26)/t15-/m0/s1. The molecule has 0 unspecified atom stereocenters. The highest BCUT2D eigenvalue weighted by Crippen LogP contribution is 2.45. The largest absolute Gasteiger partial charge is 0.392 e. The molecule has 0 aliphatic carbocycles. The van der Waals surface area contributed by atoms with E-state index in [0.717, 1.165) is 24.1 Å². The molecule has 27 heavy (non-hydrogen) atoms. The Bertz CT molecular complexity index is 746. The molecule has 148 valence electrons. The second-order valence-corrected chi connectivity index (χ2v) is 8.00. The smallest absolute Gasteiger partial charge is 0.326 e. The van der Waals surface area contributed by atoms with Crippen molar-refractivity contribution in [3.8, 4) is 0 Å². The first-order chi connectivity index (χ1) is 12.6. The normalized spacial score (nSPS) is 22.5. The molecule has 0 spiro atoms. The van der Waals surface area contributed by atoms with Crippen LogP contribution in [0.5, 0.6) is 0 Å². The minimum absolute atomic E-state index is 0.0275. The van der Waals surface area contributed by atoms with Crippen LogP contribution in [-0.4, -0.2) is 36.1 Å². The molecule has 1 aromatic carbocycles. The number of urea groups is 1. The van der Waals surface area contributed by atoms with Gasteiger partial charge in [-0.15, -0.1) is 0 Å². The number of rotatable bonds is 1. The van der Waals surface area contributed by atoms with Crippen LogP contribution < -0.4 is 10.6 Å². The lowest BCUT2D eigenvalue weighted by Crippen LogP contribution is -2.53. The molecule has 0 aromatic heterocycles. The van der Waals surface area contributed by atoms with E-state index in [2.05, 4.69) is 10.6 Å². The number of nitrogens with one attached hydrogen (secondary N) is 2. The Labute approximate surface area is 156 Å². The number of fused-ring (bicyclic) bond motifs is 1. The van der Waals surface area contributed by atoms with E-state index in [4.69, 9.17) is 0 Å². The topological polar surface area (TPSA) is 61.4 Å². The molecule has 3 rings (SSSR count). The van der Waals surface area contributed by atoms with Crippen molar-refractivity contribution < 1.29 is 22.8 Å². The van der Waals surface area contributed by atoms with Gasteiger partial charge in [-0.1, -0.05) is 13.8 Å². The van der Waals surface area contributed by atoms with Crippen LogP contribution in [0.3, 0.4) is 0 Å². The van der Waals surface area contributed by atoms with Gasteiger partial charge in [-0.2, -0.15) is 13.2 Å². The zero-order chi connectivity index (χ0) is 19.8. The van der Waals surface area contributed by atoms with Crippen molar-refractivity contribution in [2.24, 2.45) is 11.3 Å². The molecule has 2 heterocycles. The first kappa shape index (κ1) is 19.5. The molecule has 8 heteroatoms. The maximum absolute atomic E-state index is 13.2. The molecule has 5 nitrogen and oxygen atoms in total. The third kappa shape index (κ3) is 4.36. The van der Waals surface area contributed by atoms with E-state index in [1.807, 2.05) is 6.07 Å². The monoisotopic (exact) mass is 383 g/mol. The summed E-state index contributed by atoms with van der Waals surface area (Å²) in [7, 11) is 0. The van der Waals surface area contributed by atoms with Crippen LogP contribution in [0.15, 0.2) is 18.2 Å². The summed E-state index contributed by atoms with van der Waals surface area (Å²) in [5, 5.41) is 5.61. The van der Waals surface area contributed by atoms with E-state index in [1.165, 1.54) is 4.90 Å². The average molecular weight is 383 g/mol. The van der Waals surface area contributed by atoms with E-state index in [9.17, 15) is 22.8 Å². The van der Waals surface area contributed by atoms with Crippen LogP contribution in [0, 0.1) is 11.3 Å². The van der Waals surface area contributed by atoms with Gasteiger partial charge in [0.05, 0.1) is 5.92 Å². The fourth-order valence-corrected chi connectivity index (χ4v) is 3.99. The summed E-state index contributed by atoms with van der Waals surface area (Å²) < 4.78 is 39.6. The van der Waals surface area contributed by atoms with Crippen molar-refractivity contribution in [1.29, 1.82) is 0 Å². The number of benzene rings is 1. The number of halogens is 3. The SMILES string of the molecule is CC1(C)CN(C(=O)Nc2ccc3c(c2)CCCC(=O)N3)CC[C@@H]1C(F)(F)F. The molecule has 1 fully saturated rings. The number of carbonyl (C=O) groups excluding carboxylic acids is 2. The molecular weight excluding hydrogens is 359 g/mol. The lowest BCUT2D eigenvalue weighted by atomic mass is 9.73. The summed E-state index contributed by atoms with van der Waals surface area (Å²) >= 11 is 0. The number of piperidine rings is 1. The van der Waals surface area contributed by atoms with Crippen LogP contribution in [0.1, 0.15) is 38.7 Å². The fourth-order valence-electron chi connectivity index (χ4n) is 3.99. The van der Waals surface area contributed by atoms with Crippen molar-refractivity contribution in [3.63, 3.8) is 0 Å². The zero-order valence-corrected chi connectivity index (χ0v) is 15.4. The zero-order valence-electron chi connectivity index (χ0n) is 15.4. The lowest BCUT2D eigenvalue weighted by molar-refractivity contribution is -0.214. The quantitative estimate of drug-likeness (QED) is 0.755. The van der Waals surface area contributed by atoms with E-state index in [1.54, 1.807) is 26.0 Å². The van der Waals surface area contributed by atoms with Gasteiger partial charge in [0, 0.05) is 30.9 Å². The minimum Gasteiger partial charge on any atom is -0.326 e. The Morgan fingerprint density at radius 1 is 1.30 bits per heavy atom. The van der Waals surface area contributed by atoms with E-state index < -0.39 is 23.5 Å². The van der Waals surface area contributed by atoms with Gasteiger partial charge in [0.1, 0.15) is 0 Å². The predicted molar refractivity (Wildman–Crippen MR) is 96.5 cm³/mol. The molecule has 0 bridgehead atoms. The second-order valence-electron chi connectivity index (χ2n) is 8.00. The predicted octanol–water partition coefficient (Wildman–Crippen LogP) is 4.40. The number of nitrogens with zero attached hydrogens (tertiary/aromatic N) is 1. The molecule has 1 saturated heterocycles. The van der Waals surface area contributed by atoms with Crippen LogP contribution >= 0.6 is 0 Å². The highest BCUT2D eigenvalue weighted by atomic mass is 19.4. The maximum atomic E-state index is 13.2. The van der Waals surface area contributed by atoms with Crippen molar-refractivity contribution >= 4 is 23.3 Å². The van der Waals surface area contributed by atoms with Gasteiger partial charge < -0.3 is 15.5 Å². The number of amides is 3. The van der Waals surface area contributed by atoms with Crippen molar-refractivity contribution in [2.75, 3.05) is 23.7 Å². The molecular formula is C19H24F3N3O2. The molecule has 2 aliphatic heterocycles. The summed E-state index contributed by atoms with van der Waals surface area (Å²) in [4.78, 5) is 25.6. The van der Waals surface area contributed by atoms with E-state index in [0.29, 0.717) is 12.1 Å². The number of likely N-dealkylation sites (tertiary alicyclic amines) is 1. The van der Waals surface area contributed by atoms with Gasteiger partial charge >= 0.3 is 12.2 Å². The summed E-state index contributed by atoms with van der Waals surface area (Å²) in [6.07, 6.45) is -2.44. The van der Waals surface area contributed by atoms with Gasteiger partial charge in [-0.25, -0.2) is 4.79 Å². The van der Waals surface area contributed by atoms with Gasteiger partial charge in [0.25, 0.3) is 0 Å². The second kappa shape index (κ2) is 7.05. The van der Waals surface area contributed by atoms with Crippen molar-refractivity contribution in [3.05, 3.63) is 23.8 Å². The molecule has 0 radical (unpaired) electrons. The Morgan fingerprint density at radius 3 is 2.70 bits per heavy atom. The Balaban J connectivity index is 1.68. The van der Waals surface area contributed by atoms with Gasteiger partial charge in [0.2, 0.25) is 5.91 Å². The Morgan fingerprint density at radius 2 is 2.04 bits per heavy atom. The van der Waals surface area contributed by atoms with Crippen LogP contribution in [0.4, 0.5) is 29.3 Å². The lowest BCUT2D eigenvalue weighted by Gasteiger charge is -2.44. The number of alkyl halides is 3. The third-order valence-electron chi connectivity index (χ3n) is 5.39. The molecule has 3 amide bonds. The average Bonchev–Trinajstić information content (AvgIpc) is 2.72. The minimum atomic E-state index is -4.26. The Hall–Kier alpha value is -2.25. The molecule has 0 saturated carbocycles. The van der Waals surface area contributed by atoms with E-state index in [-0.39, 0.29) is 25.4 Å². The number of hydrogen-bond donors (Lipinski definition) is 2. The number of hydrogen-bond acceptors (Lipinski definition) is 2. The molecule has 2 N–H and O–H groups in total.